The number of aryl methyl sites for hydroxylation is 1. The summed E-state index contributed by atoms with van der Waals surface area (Å²) < 4.78 is 41.0. The van der Waals surface area contributed by atoms with Gasteiger partial charge in [0, 0.05) is 18.7 Å². The standard InChI is InChI=1S/C23H21FN2O3S/c24-20-12-10-17(11-13-20)16-25-23(27)19-6-3-8-21(15-19)30(28,29)26-14-4-7-18-5-1-2-9-22(18)26/h1-3,5-6,8-13,15H,4,7,14,16H2,(H,25,27). The number of fused-ring (bicyclic) bond motifs is 1. The largest absolute Gasteiger partial charge is 0.348 e. The van der Waals surface area contributed by atoms with E-state index in [-0.39, 0.29) is 22.8 Å². The fourth-order valence-electron chi connectivity index (χ4n) is 3.56. The van der Waals surface area contributed by atoms with Crippen LogP contribution in [0.3, 0.4) is 0 Å². The van der Waals surface area contributed by atoms with Gasteiger partial charge in [-0.3, -0.25) is 9.10 Å². The molecule has 1 aliphatic heterocycles. The topological polar surface area (TPSA) is 66.5 Å². The van der Waals surface area contributed by atoms with Gasteiger partial charge in [0.1, 0.15) is 5.82 Å². The van der Waals surface area contributed by atoms with Gasteiger partial charge in [-0.1, -0.05) is 36.4 Å². The Balaban J connectivity index is 1.55. The zero-order valence-corrected chi connectivity index (χ0v) is 17.0. The van der Waals surface area contributed by atoms with Crippen LogP contribution in [-0.4, -0.2) is 20.9 Å². The molecule has 0 fully saturated rings. The maximum absolute atomic E-state index is 13.3. The van der Waals surface area contributed by atoms with Gasteiger partial charge in [-0.2, -0.15) is 0 Å². The highest BCUT2D eigenvalue weighted by molar-refractivity contribution is 7.92. The molecule has 0 saturated heterocycles. The van der Waals surface area contributed by atoms with Gasteiger partial charge in [-0.15, -0.1) is 0 Å². The van der Waals surface area contributed by atoms with Crippen molar-refractivity contribution in [2.45, 2.75) is 24.3 Å². The Kier molecular flexibility index (Phi) is 5.55. The van der Waals surface area contributed by atoms with Gasteiger partial charge in [0.15, 0.2) is 0 Å². The number of para-hydroxylation sites is 1. The summed E-state index contributed by atoms with van der Waals surface area (Å²) in [4.78, 5) is 12.6. The summed E-state index contributed by atoms with van der Waals surface area (Å²) in [5.74, 6) is -0.738. The summed E-state index contributed by atoms with van der Waals surface area (Å²) in [5, 5.41) is 2.74. The highest BCUT2D eigenvalue weighted by atomic mass is 32.2. The second-order valence-electron chi connectivity index (χ2n) is 7.15. The number of halogens is 1. The van der Waals surface area contributed by atoms with Crippen molar-refractivity contribution in [3.8, 4) is 0 Å². The van der Waals surface area contributed by atoms with E-state index in [1.54, 1.807) is 24.3 Å². The molecule has 30 heavy (non-hydrogen) atoms. The molecule has 0 radical (unpaired) electrons. The predicted molar refractivity (Wildman–Crippen MR) is 113 cm³/mol. The lowest BCUT2D eigenvalue weighted by atomic mass is 10.0. The van der Waals surface area contributed by atoms with Gasteiger partial charge in [0.25, 0.3) is 15.9 Å². The number of nitrogens with zero attached hydrogens (tertiary/aromatic N) is 1. The number of carbonyl (C=O) groups is 1. The molecular formula is C23H21FN2O3S. The van der Waals surface area contributed by atoms with Crippen molar-refractivity contribution in [3.05, 3.63) is 95.3 Å². The van der Waals surface area contributed by atoms with Crippen LogP contribution in [-0.2, 0) is 23.0 Å². The Morgan fingerprint density at radius 1 is 1.00 bits per heavy atom. The third-order valence-electron chi connectivity index (χ3n) is 5.12. The van der Waals surface area contributed by atoms with E-state index in [2.05, 4.69) is 5.32 Å². The molecule has 0 atom stereocenters. The zero-order valence-electron chi connectivity index (χ0n) is 16.2. The molecule has 1 N–H and O–H groups in total. The van der Waals surface area contributed by atoms with E-state index in [4.69, 9.17) is 0 Å². The van der Waals surface area contributed by atoms with Crippen molar-refractivity contribution >= 4 is 21.6 Å². The number of sulfonamides is 1. The van der Waals surface area contributed by atoms with Gasteiger partial charge >= 0.3 is 0 Å². The number of anilines is 1. The van der Waals surface area contributed by atoms with E-state index >= 15 is 0 Å². The summed E-state index contributed by atoms with van der Waals surface area (Å²) >= 11 is 0. The van der Waals surface area contributed by atoms with Crippen molar-refractivity contribution < 1.29 is 17.6 Å². The van der Waals surface area contributed by atoms with Crippen LogP contribution in [0.1, 0.15) is 27.9 Å². The van der Waals surface area contributed by atoms with Gasteiger partial charge in [0.2, 0.25) is 0 Å². The summed E-state index contributed by atoms with van der Waals surface area (Å²) in [7, 11) is -3.79. The lowest BCUT2D eigenvalue weighted by Crippen LogP contribution is -2.35. The molecule has 7 heteroatoms. The second kappa shape index (κ2) is 8.28. The Bertz CT molecular complexity index is 1180. The van der Waals surface area contributed by atoms with Crippen LogP contribution in [0.25, 0.3) is 0 Å². The van der Waals surface area contributed by atoms with E-state index in [1.807, 2.05) is 24.3 Å². The molecule has 0 aliphatic carbocycles. The Morgan fingerprint density at radius 3 is 2.57 bits per heavy atom. The van der Waals surface area contributed by atoms with Crippen LogP contribution in [0.15, 0.2) is 77.7 Å². The van der Waals surface area contributed by atoms with E-state index in [0.29, 0.717) is 12.2 Å². The summed E-state index contributed by atoms with van der Waals surface area (Å²) in [6, 6.07) is 19.3. The van der Waals surface area contributed by atoms with Gasteiger partial charge in [0.05, 0.1) is 10.6 Å². The minimum Gasteiger partial charge on any atom is -0.348 e. The fraction of sp³-hybridized carbons (Fsp3) is 0.174. The highest BCUT2D eigenvalue weighted by Crippen LogP contribution is 2.31. The van der Waals surface area contributed by atoms with E-state index in [0.717, 1.165) is 24.0 Å². The third kappa shape index (κ3) is 4.07. The first-order valence-electron chi connectivity index (χ1n) is 9.68. The fourth-order valence-corrected chi connectivity index (χ4v) is 5.15. The number of hydrogen-bond acceptors (Lipinski definition) is 3. The molecule has 1 amide bonds. The quantitative estimate of drug-likeness (QED) is 0.676. The summed E-state index contributed by atoms with van der Waals surface area (Å²) in [5.41, 5.74) is 2.69. The van der Waals surface area contributed by atoms with Crippen LogP contribution < -0.4 is 9.62 Å². The lowest BCUT2D eigenvalue weighted by Gasteiger charge is -2.30. The molecule has 1 aliphatic rings. The third-order valence-corrected chi connectivity index (χ3v) is 6.93. The average Bonchev–Trinajstić information content (AvgIpc) is 2.78. The summed E-state index contributed by atoms with van der Waals surface area (Å²) in [6.07, 6.45) is 1.59. The number of carbonyl (C=O) groups excluding carboxylic acids is 1. The maximum atomic E-state index is 13.3. The summed E-state index contributed by atoms with van der Waals surface area (Å²) in [6.45, 7) is 0.621. The number of nitrogens with one attached hydrogen (secondary N) is 1. The molecule has 5 nitrogen and oxygen atoms in total. The van der Waals surface area contributed by atoms with Crippen LogP contribution in [0.4, 0.5) is 10.1 Å². The number of rotatable bonds is 5. The Labute approximate surface area is 175 Å². The molecule has 154 valence electrons. The van der Waals surface area contributed by atoms with Gasteiger partial charge < -0.3 is 5.32 Å². The Morgan fingerprint density at radius 2 is 1.77 bits per heavy atom. The molecule has 0 spiro atoms. The first kappa shape index (κ1) is 20.1. The molecular weight excluding hydrogens is 403 g/mol. The van der Waals surface area contributed by atoms with Crippen molar-refractivity contribution in [3.63, 3.8) is 0 Å². The number of hydrogen-bond donors (Lipinski definition) is 1. The first-order valence-corrected chi connectivity index (χ1v) is 11.1. The zero-order chi connectivity index (χ0) is 21.1. The average molecular weight is 424 g/mol. The predicted octanol–water partition coefficient (Wildman–Crippen LogP) is 3.90. The monoisotopic (exact) mass is 424 g/mol. The molecule has 0 aromatic heterocycles. The van der Waals surface area contributed by atoms with Gasteiger partial charge in [-0.05, 0) is 60.4 Å². The van der Waals surface area contributed by atoms with E-state index in [1.165, 1.54) is 28.6 Å². The van der Waals surface area contributed by atoms with Crippen LogP contribution in [0.2, 0.25) is 0 Å². The van der Waals surface area contributed by atoms with Gasteiger partial charge in [-0.25, -0.2) is 12.8 Å². The lowest BCUT2D eigenvalue weighted by molar-refractivity contribution is 0.0950. The van der Waals surface area contributed by atoms with Crippen LogP contribution in [0.5, 0.6) is 0 Å². The maximum Gasteiger partial charge on any atom is 0.264 e. The van der Waals surface area contributed by atoms with E-state index < -0.39 is 15.9 Å². The van der Waals surface area contributed by atoms with Crippen molar-refractivity contribution in [1.29, 1.82) is 0 Å². The SMILES string of the molecule is O=C(NCc1ccc(F)cc1)c1cccc(S(=O)(=O)N2CCCc3ccccc32)c1. The molecule has 3 aromatic rings. The van der Waals surface area contributed by atoms with Crippen LogP contribution >= 0.6 is 0 Å². The number of amides is 1. The molecule has 1 heterocycles. The molecule has 0 bridgehead atoms. The minimum absolute atomic E-state index is 0.0774. The molecule has 0 saturated carbocycles. The molecule has 0 unspecified atom stereocenters. The van der Waals surface area contributed by atoms with Crippen molar-refractivity contribution in [1.82, 2.24) is 5.32 Å². The highest BCUT2D eigenvalue weighted by Gasteiger charge is 2.29. The van der Waals surface area contributed by atoms with E-state index in [9.17, 15) is 17.6 Å². The Hall–Kier alpha value is -3.19. The van der Waals surface area contributed by atoms with Crippen LogP contribution in [0, 0.1) is 5.82 Å². The first-order chi connectivity index (χ1) is 14.4. The molecule has 3 aromatic carbocycles. The molecule has 4 rings (SSSR count). The van der Waals surface area contributed by atoms with Crippen molar-refractivity contribution in [2.75, 3.05) is 10.8 Å². The second-order valence-corrected chi connectivity index (χ2v) is 9.01. The minimum atomic E-state index is -3.79. The smallest absolute Gasteiger partial charge is 0.264 e. The number of benzene rings is 3. The normalized spacial score (nSPS) is 13.6. The van der Waals surface area contributed by atoms with Crippen molar-refractivity contribution in [2.24, 2.45) is 0 Å².